The lowest BCUT2D eigenvalue weighted by Gasteiger charge is -2.43. The fourth-order valence-electron chi connectivity index (χ4n) is 4.49. The number of benzene rings is 2. The van der Waals surface area contributed by atoms with Crippen LogP contribution in [-0.4, -0.2) is 60.6 Å². The summed E-state index contributed by atoms with van der Waals surface area (Å²) in [5.41, 5.74) is 1.04. The molecule has 10 heteroatoms. The third-order valence-electron chi connectivity index (χ3n) is 6.39. The first-order valence-electron chi connectivity index (χ1n) is 11.1. The van der Waals surface area contributed by atoms with Crippen LogP contribution >= 0.6 is 11.6 Å². The molecule has 1 aliphatic heterocycles. The highest BCUT2D eigenvalue weighted by molar-refractivity contribution is 6.31. The third kappa shape index (κ3) is 4.51. The fourth-order valence-corrected chi connectivity index (χ4v) is 4.67. The normalized spacial score (nSPS) is 18.2. The number of amides is 1. The topological polar surface area (TPSA) is 91.4 Å². The Hall–Kier alpha value is -3.01. The minimum absolute atomic E-state index is 0.0212. The SMILES string of the molecule is CNC(=O)C1(N(C)Cc2cc3c(Nc4cccc(Cl)c4F)ncnc3cc2OC)CCCNC1. The monoisotopic (exact) mass is 486 g/mol. The molecule has 34 heavy (non-hydrogen) atoms. The fraction of sp³-hybridized carbons (Fsp3) is 0.375. The predicted octanol–water partition coefficient (Wildman–Crippen LogP) is 3.47. The summed E-state index contributed by atoms with van der Waals surface area (Å²) in [6.45, 7) is 1.90. The largest absolute Gasteiger partial charge is 0.496 e. The molecule has 8 nitrogen and oxygen atoms in total. The van der Waals surface area contributed by atoms with Crippen LogP contribution in [-0.2, 0) is 11.3 Å². The van der Waals surface area contributed by atoms with Gasteiger partial charge in [0.05, 0.1) is 23.3 Å². The van der Waals surface area contributed by atoms with Crippen LogP contribution in [0.1, 0.15) is 18.4 Å². The zero-order valence-corrected chi connectivity index (χ0v) is 20.2. The number of carbonyl (C=O) groups excluding carboxylic acids is 1. The number of anilines is 2. The van der Waals surface area contributed by atoms with Gasteiger partial charge in [0.25, 0.3) is 0 Å². The first-order chi connectivity index (χ1) is 16.4. The molecular weight excluding hydrogens is 459 g/mol. The van der Waals surface area contributed by atoms with Gasteiger partial charge in [0.1, 0.15) is 23.4 Å². The standard InChI is InChI=1S/C24H28ClFN6O2/c1-27-23(33)24(8-5-9-28-13-24)32(2)12-15-10-16-19(11-20(15)34-3)29-14-30-22(16)31-18-7-4-6-17(25)21(18)26/h4,6-7,10-11,14,28H,5,8-9,12-13H2,1-3H3,(H,27,33)(H,29,30,31). The number of fused-ring (bicyclic) bond motifs is 1. The van der Waals surface area contributed by atoms with Crippen LogP contribution < -0.4 is 20.7 Å². The second-order valence-corrected chi connectivity index (χ2v) is 8.78. The Labute approximate surface area is 202 Å². The molecule has 0 radical (unpaired) electrons. The lowest BCUT2D eigenvalue weighted by atomic mass is 9.87. The molecule has 3 N–H and O–H groups in total. The van der Waals surface area contributed by atoms with E-state index >= 15 is 0 Å². The molecule has 1 unspecified atom stereocenters. The predicted molar refractivity (Wildman–Crippen MR) is 131 cm³/mol. The first kappa shape index (κ1) is 24.1. The number of likely N-dealkylation sites (N-methyl/N-ethyl adjacent to an activating group) is 2. The van der Waals surface area contributed by atoms with Crippen LogP contribution in [0.3, 0.4) is 0 Å². The van der Waals surface area contributed by atoms with Gasteiger partial charge in [0, 0.05) is 37.2 Å². The highest BCUT2D eigenvalue weighted by Crippen LogP contribution is 2.33. The average molecular weight is 487 g/mol. The molecule has 1 aromatic heterocycles. The first-order valence-corrected chi connectivity index (χ1v) is 11.4. The molecule has 0 saturated carbocycles. The van der Waals surface area contributed by atoms with Gasteiger partial charge in [0.15, 0.2) is 5.82 Å². The van der Waals surface area contributed by atoms with E-state index in [0.717, 1.165) is 24.9 Å². The summed E-state index contributed by atoms with van der Waals surface area (Å²) >= 11 is 5.94. The van der Waals surface area contributed by atoms with Crippen LogP contribution in [0.5, 0.6) is 5.75 Å². The number of aromatic nitrogens is 2. The molecule has 180 valence electrons. The van der Waals surface area contributed by atoms with E-state index in [1.54, 1.807) is 26.3 Å². The summed E-state index contributed by atoms with van der Waals surface area (Å²) in [4.78, 5) is 23.6. The van der Waals surface area contributed by atoms with Crippen molar-refractivity contribution in [1.82, 2.24) is 25.5 Å². The zero-order valence-electron chi connectivity index (χ0n) is 19.4. The van der Waals surface area contributed by atoms with Crippen molar-refractivity contribution in [1.29, 1.82) is 0 Å². The minimum Gasteiger partial charge on any atom is -0.496 e. The maximum Gasteiger partial charge on any atom is 0.241 e. The van der Waals surface area contributed by atoms with Crippen LogP contribution in [0, 0.1) is 5.82 Å². The number of piperidine rings is 1. The molecule has 2 aromatic carbocycles. The van der Waals surface area contributed by atoms with Gasteiger partial charge in [-0.25, -0.2) is 14.4 Å². The second-order valence-electron chi connectivity index (χ2n) is 8.38. The molecule has 0 aliphatic carbocycles. The van der Waals surface area contributed by atoms with Gasteiger partial charge in [-0.1, -0.05) is 17.7 Å². The van der Waals surface area contributed by atoms with Crippen LogP contribution in [0.4, 0.5) is 15.9 Å². The summed E-state index contributed by atoms with van der Waals surface area (Å²) < 4.78 is 20.2. The highest BCUT2D eigenvalue weighted by Gasteiger charge is 2.42. The van der Waals surface area contributed by atoms with Crippen LogP contribution in [0.25, 0.3) is 10.9 Å². The number of halogens is 2. The average Bonchev–Trinajstić information content (AvgIpc) is 2.86. The van der Waals surface area contributed by atoms with E-state index in [2.05, 4.69) is 30.8 Å². The van der Waals surface area contributed by atoms with E-state index in [4.69, 9.17) is 16.3 Å². The van der Waals surface area contributed by atoms with Crippen molar-refractivity contribution < 1.29 is 13.9 Å². The maximum atomic E-state index is 14.5. The summed E-state index contributed by atoms with van der Waals surface area (Å²) in [5, 5.41) is 9.92. The Morgan fingerprint density at radius 3 is 2.88 bits per heavy atom. The summed E-state index contributed by atoms with van der Waals surface area (Å²) in [5.74, 6) is 0.512. The molecule has 1 atom stereocenters. The number of ether oxygens (including phenoxy) is 1. The van der Waals surface area contributed by atoms with Gasteiger partial charge in [-0.2, -0.15) is 0 Å². The van der Waals surface area contributed by atoms with Gasteiger partial charge in [-0.15, -0.1) is 0 Å². The number of nitrogens with zero attached hydrogens (tertiary/aromatic N) is 3. The molecule has 1 fully saturated rings. The molecule has 4 rings (SSSR count). The van der Waals surface area contributed by atoms with Crippen molar-refractivity contribution in [2.45, 2.75) is 24.9 Å². The van der Waals surface area contributed by atoms with Gasteiger partial charge in [-0.3, -0.25) is 9.69 Å². The van der Waals surface area contributed by atoms with Gasteiger partial charge >= 0.3 is 0 Å². The van der Waals surface area contributed by atoms with E-state index in [1.807, 2.05) is 19.2 Å². The molecule has 1 amide bonds. The third-order valence-corrected chi connectivity index (χ3v) is 6.68. The van der Waals surface area contributed by atoms with E-state index in [1.165, 1.54) is 12.4 Å². The van der Waals surface area contributed by atoms with Crippen molar-refractivity contribution in [2.75, 3.05) is 39.6 Å². The summed E-state index contributed by atoms with van der Waals surface area (Å²) in [6, 6.07) is 8.49. The number of nitrogens with one attached hydrogen (secondary N) is 3. The van der Waals surface area contributed by atoms with Crippen molar-refractivity contribution >= 4 is 39.9 Å². The summed E-state index contributed by atoms with van der Waals surface area (Å²) in [7, 11) is 5.20. The Kier molecular flexibility index (Phi) is 7.16. The summed E-state index contributed by atoms with van der Waals surface area (Å²) in [6.07, 6.45) is 3.06. The van der Waals surface area contributed by atoms with Gasteiger partial charge in [-0.05, 0) is 44.6 Å². The number of methoxy groups -OCH3 is 1. The number of carbonyl (C=O) groups is 1. The lowest BCUT2D eigenvalue weighted by molar-refractivity contribution is -0.134. The Bertz CT molecular complexity index is 1200. The van der Waals surface area contributed by atoms with Crippen molar-refractivity contribution in [2.24, 2.45) is 0 Å². The van der Waals surface area contributed by atoms with E-state index in [-0.39, 0.29) is 16.6 Å². The van der Waals surface area contributed by atoms with E-state index in [9.17, 15) is 9.18 Å². The van der Waals surface area contributed by atoms with Crippen molar-refractivity contribution in [3.05, 3.63) is 53.1 Å². The molecule has 1 saturated heterocycles. The molecular formula is C24H28ClFN6O2. The van der Waals surface area contributed by atoms with Crippen molar-refractivity contribution in [3.8, 4) is 5.75 Å². The molecule has 0 bridgehead atoms. The zero-order chi connectivity index (χ0) is 24.3. The Morgan fingerprint density at radius 2 is 2.18 bits per heavy atom. The minimum atomic E-state index is -0.675. The number of hydrogen-bond donors (Lipinski definition) is 3. The van der Waals surface area contributed by atoms with E-state index < -0.39 is 11.4 Å². The van der Waals surface area contributed by atoms with Gasteiger partial charge < -0.3 is 20.7 Å². The Morgan fingerprint density at radius 1 is 1.35 bits per heavy atom. The number of hydrogen-bond acceptors (Lipinski definition) is 7. The van der Waals surface area contributed by atoms with Crippen molar-refractivity contribution in [3.63, 3.8) is 0 Å². The smallest absolute Gasteiger partial charge is 0.241 e. The second kappa shape index (κ2) is 10.1. The van der Waals surface area contributed by atoms with Crippen LogP contribution in [0.15, 0.2) is 36.7 Å². The Balaban J connectivity index is 1.73. The molecule has 1 aliphatic rings. The lowest BCUT2D eigenvalue weighted by Crippen LogP contribution is -2.63. The van der Waals surface area contributed by atoms with Crippen LogP contribution in [0.2, 0.25) is 5.02 Å². The maximum absolute atomic E-state index is 14.5. The van der Waals surface area contributed by atoms with E-state index in [0.29, 0.717) is 35.6 Å². The highest BCUT2D eigenvalue weighted by atomic mass is 35.5. The molecule has 2 heterocycles. The van der Waals surface area contributed by atoms with Gasteiger partial charge in [0.2, 0.25) is 5.91 Å². The quantitative estimate of drug-likeness (QED) is 0.471. The molecule has 3 aromatic rings. The molecule has 0 spiro atoms. The number of rotatable bonds is 7.